The molecule has 0 spiro atoms. The molecule has 0 aliphatic carbocycles. The lowest BCUT2D eigenvalue weighted by Gasteiger charge is -2.38. The maximum absolute atomic E-state index is 13.4. The van der Waals surface area contributed by atoms with E-state index in [0.717, 1.165) is 69.4 Å². The Bertz CT molecular complexity index is 1020. The highest BCUT2D eigenvalue weighted by Crippen LogP contribution is 2.28. The van der Waals surface area contributed by atoms with Crippen LogP contribution in [0.2, 0.25) is 0 Å². The van der Waals surface area contributed by atoms with Gasteiger partial charge in [0.2, 0.25) is 15.9 Å². The molecule has 2 fully saturated rings. The van der Waals surface area contributed by atoms with Crippen molar-refractivity contribution in [3.63, 3.8) is 0 Å². The summed E-state index contributed by atoms with van der Waals surface area (Å²) in [5.74, 6) is -0.127. The molecule has 31 heavy (non-hydrogen) atoms. The van der Waals surface area contributed by atoms with Crippen molar-refractivity contribution in [1.82, 2.24) is 18.7 Å². The number of amides is 1. The number of hydrogen-bond acceptors (Lipinski definition) is 4. The quantitative estimate of drug-likeness (QED) is 0.684. The van der Waals surface area contributed by atoms with E-state index in [-0.39, 0.29) is 18.4 Å². The van der Waals surface area contributed by atoms with Crippen LogP contribution in [0.3, 0.4) is 0 Å². The molecule has 2 saturated heterocycles. The second kappa shape index (κ2) is 9.30. The Morgan fingerprint density at radius 3 is 2.55 bits per heavy atom. The van der Waals surface area contributed by atoms with Gasteiger partial charge in [0.15, 0.2) is 0 Å². The summed E-state index contributed by atoms with van der Waals surface area (Å²) in [6.07, 6.45) is 4.59. The van der Waals surface area contributed by atoms with Crippen molar-refractivity contribution in [2.75, 3.05) is 45.8 Å². The van der Waals surface area contributed by atoms with Crippen molar-refractivity contribution in [2.24, 2.45) is 5.92 Å². The summed E-state index contributed by atoms with van der Waals surface area (Å²) < 4.78 is 30.3. The van der Waals surface area contributed by atoms with Crippen LogP contribution in [0.4, 0.5) is 0 Å². The molecule has 0 saturated carbocycles. The predicted octanol–water partition coefficient (Wildman–Crippen LogP) is 2.62. The second-order valence-electron chi connectivity index (χ2n) is 8.69. The fourth-order valence-electron chi connectivity index (χ4n) is 4.89. The minimum atomic E-state index is -3.62. The zero-order chi connectivity index (χ0) is 22.0. The summed E-state index contributed by atoms with van der Waals surface area (Å²) >= 11 is 0. The van der Waals surface area contributed by atoms with Crippen molar-refractivity contribution in [3.05, 3.63) is 30.5 Å². The van der Waals surface area contributed by atoms with Gasteiger partial charge in [0, 0.05) is 62.9 Å². The smallest absolute Gasteiger partial charge is 0.243 e. The lowest BCUT2D eigenvalue weighted by molar-refractivity contribution is -0.138. The number of rotatable bonds is 6. The Balaban J connectivity index is 1.45. The molecule has 170 valence electrons. The molecule has 0 N–H and O–H groups in total. The number of aryl methyl sites for hydroxylation is 1. The van der Waals surface area contributed by atoms with Crippen LogP contribution in [0, 0.1) is 5.92 Å². The lowest BCUT2D eigenvalue weighted by atomic mass is 9.98. The Labute approximate surface area is 185 Å². The van der Waals surface area contributed by atoms with E-state index in [4.69, 9.17) is 0 Å². The van der Waals surface area contributed by atoms with E-state index < -0.39 is 10.0 Å². The third kappa shape index (κ3) is 4.52. The normalized spacial score (nSPS) is 21.6. The average molecular weight is 447 g/mol. The van der Waals surface area contributed by atoms with Gasteiger partial charge < -0.3 is 9.47 Å². The van der Waals surface area contributed by atoms with Crippen LogP contribution in [0.15, 0.2) is 35.4 Å². The van der Waals surface area contributed by atoms with Crippen LogP contribution in [0.5, 0.6) is 0 Å². The maximum Gasteiger partial charge on any atom is 0.243 e. The third-order valence-corrected chi connectivity index (χ3v) is 8.54. The fraction of sp³-hybridized carbons (Fsp3) is 0.609. The molecular formula is C23H34N4O3S. The van der Waals surface area contributed by atoms with Gasteiger partial charge in [-0.05, 0) is 57.0 Å². The minimum absolute atomic E-state index is 0.117. The van der Waals surface area contributed by atoms with E-state index >= 15 is 0 Å². The van der Waals surface area contributed by atoms with Crippen molar-refractivity contribution in [1.29, 1.82) is 0 Å². The second-order valence-corrected chi connectivity index (χ2v) is 10.6. The highest BCUT2D eigenvalue weighted by atomic mass is 32.2. The average Bonchev–Trinajstić information content (AvgIpc) is 3.22. The van der Waals surface area contributed by atoms with Gasteiger partial charge in [0.25, 0.3) is 0 Å². The molecule has 3 heterocycles. The van der Waals surface area contributed by atoms with E-state index in [1.54, 1.807) is 12.1 Å². The Morgan fingerprint density at radius 1 is 1.06 bits per heavy atom. The van der Waals surface area contributed by atoms with Crippen molar-refractivity contribution < 1.29 is 13.2 Å². The number of piperazine rings is 1. The van der Waals surface area contributed by atoms with Gasteiger partial charge in [-0.25, -0.2) is 8.42 Å². The van der Waals surface area contributed by atoms with E-state index in [1.807, 2.05) is 23.2 Å². The lowest BCUT2D eigenvalue weighted by Crippen LogP contribution is -2.53. The predicted molar refractivity (Wildman–Crippen MR) is 122 cm³/mol. The molecule has 1 atom stereocenters. The molecule has 0 bridgehead atoms. The molecule has 8 heteroatoms. The number of carbonyl (C=O) groups is 1. The number of piperidine rings is 1. The fourth-order valence-corrected chi connectivity index (χ4v) is 6.45. The van der Waals surface area contributed by atoms with Gasteiger partial charge in [-0.3, -0.25) is 9.69 Å². The van der Waals surface area contributed by atoms with Crippen LogP contribution in [0.1, 0.15) is 33.1 Å². The number of nitrogens with zero attached hydrogens (tertiary/aromatic N) is 4. The first-order chi connectivity index (χ1) is 14.9. The van der Waals surface area contributed by atoms with Crippen LogP contribution in [-0.4, -0.2) is 78.8 Å². The number of benzene rings is 1. The standard InChI is InChI=1S/C23H34N4O3S/c1-3-10-24-13-15-26(16-14-24)23(28)20-6-5-11-27(18-20)31(29,30)21-7-8-22-19(17-21)9-12-25(22)4-2/h7-9,12,17,20H,3-6,10-11,13-16,18H2,1-2H3. The van der Waals surface area contributed by atoms with Crippen LogP contribution < -0.4 is 0 Å². The molecule has 1 amide bonds. The summed E-state index contributed by atoms with van der Waals surface area (Å²) in [6, 6.07) is 7.30. The summed E-state index contributed by atoms with van der Waals surface area (Å²) in [4.78, 5) is 17.8. The zero-order valence-electron chi connectivity index (χ0n) is 18.7. The first kappa shape index (κ1) is 22.3. The number of fused-ring (bicyclic) bond motifs is 1. The van der Waals surface area contributed by atoms with E-state index in [1.165, 1.54) is 4.31 Å². The third-order valence-electron chi connectivity index (χ3n) is 6.68. The molecule has 1 unspecified atom stereocenters. The maximum atomic E-state index is 13.4. The molecular weight excluding hydrogens is 412 g/mol. The number of aromatic nitrogens is 1. The van der Waals surface area contributed by atoms with Crippen LogP contribution >= 0.6 is 0 Å². The van der Waals surface area contributed by atoms with E-state index in [9.17, 15) is 13.2 Å². The van der Waals surface area contributed by atoms with Gasteiger partial charge >= 0.3 is 0 Å². The van der Waals surface area contributed by atoms with Gasteiger partial charge in [-0.2, -0.15) is 4.31 Å². The molecule has 4 rings (SSSR count). The van der Waals surface area contributed by atoms with E-state index in [0.29, 0.717) is 11.4 Å². The number of carbonyl (C=O) groups excluding carboxylic acids is 1. The van der Waals surface area contributed by atoms with Gasteiger partial charge in [0.1, 0.15) is 0 Å². The van der Waals surface area contributed by atoms with Gasteiger partial charge in [-0.1, -0.05) is 6.92 Å². The van der Waals surface area contributed by atoms with Gasteiger partial charge in [-0.15, -0.1) is 0 Å². The van der Waals surface area contributed by atoms with Crippen LogP contribution in [0.25, 0.3) is 10.9 Å². The summed E-state index contributed by atoms with van der Waals surface area (Å²) in [7, 11) is -3.62. The number of sulfonamides is 1. The summed E-state index contributed by atoms with van der Waals surface area (Å²) in [5.41, 5.74) is 1.04. The topological polar surface area (TPSA) is 65.9 Å². The SMILES string of the molecule is CCCN1CCN(C(=O)C2CCCN(S(=O)(=O)c3ccc4c(ccn4CC)c3)C2)CC1. The molecule has 2 aliphatic heterocycles. The molecule has 7 nitrogen and oxygen atoms in total. The number of hydrogen-bond donors (Lipinski definition) is 0. The Morgan fingerprint density at radius 2 is 1.84 bits per heavy atom. The monoisotopic (exact) mass is 446 g/mol. The Hall–Kier alpha value is -1.90. The van der Waals surface area contributed by atoms with Crippen LogP contribution in [-0.2, 0) is 21.4 Å². The summed E-state index contributed by atoms with van der Waals surface area (Å²) in [6.45, 7) is 10.2. The van der Waals surface area contributed by atoms with Crippen molar-refractivity contribution in [3.8, 4) is 0 Å². The first-order valence-electron chi connectivity index (χ1n) is 11.5. The molecule has 1 aromatic heterocycles. The highest BCUT2D eigenvalue weighted by Gasteiger charge is 2.35. The van der Waals surface area contributed by atoms with Crippen molar-refractivity contribution in [2.45, 2.75) is 44.6 Å². The Kier molecular flexibility index (Phi) is 6.69. The largest absolute Gasteiger partial charge is 0.348 e. The molecule has 0 radical (unpaired) electrons. The van der Waals surface area contributed by atoms with Crippen molar-refractivity contribution >= 4 is 26.8 Å². The zero-order valence-corrected chi connectivity index (χ0v) is 19.5. The first-order valence-corrected chi connectivity index (χ1v) is 13.0. The van der Waals surface area contributed by atoms with E-state index in [2.05, 4.69) is 23.3 Å². The molecule has 2 aromatic rings. The molecule has 2 aliphatic rings. The molecule has 1 aromatic carbocycles. The minimum Gasteiger partial charge on any atom is -0.348 e. The summed E-state index contributed by atoms with van der Waals surface area (Å²) in [5, 5.41) is 0.928. The highest BCUT2D eigenvalue weighted by molar-refractivity contribution is 7.89. The van der Waals surface area contributed by atoms with Gasteiger partial charge in [0.05, 0.1) is 10.8 Å².